The maximum atomic E-state index is 11.9. The van der Waals surface area contributed by atoms with E-state index in [0.29, 0.717) is 0 Å². The molecule has 0 aliphatic carbocycles. The first-order valence-electron chi connectivity index (χ1n) is 5.45. The molecule has 0 aromatic rings. The van der Waals surface area contributed by atoms with Gasteiger partial charge >= 0.3 is 5.97 Å². The van der Waals surface area contributed by atoms with Crippen molar-refractivity contribution in [2.45, 2.75) is 32.1 Å². The lowest BCUT2D eigenvalue weighted by molar-refractivity contribution is -0.140. The van der Waals surface area contributed by atoms with E-state index in [4.69, 9.17) is 5.11 Å². The summed E-state index contributed by atoms with van der Waals surface area (Å²) in [5.41, 5.74) is 0. The molecular weight excluding hydrogens is 260 g/mol. The quantitative estimate of drug-likeness (QED) is 0.682. The van der Waals surface area contributed by atoms with Crippen LogP contribution >= 0.6 is 0 Å². The van der Waals surface area contributed by atoms with Gasteiger partial charge in [0.05, 0.1) is 0 Å². The number of rotatable bonds is 6. The molecule has 2 unspecified atom stereocenters. The smallest absolute Gasteiger partial charge is 0.321 e. The van der Waals surface area contributed by atoms with Gasteiger partial charge in [0, 0.05) is 14.1 Å². The molecule has 0 saturated heterocycles. The van der Waals surface area contributed by atoms with Gasteiger partial charge in [-0.25, -0.2) is 8.42 Å². The summed E-state index contributed by atoms with van der Waals surface area (Å²) in [5, 5.41) is 7.59. The van der Waals surface area contributed by atoms with Crippen LogP contribution in [0.25, 0.3) is 0 Å². The predicted octanol–water partition coefficient (Wildman–Crippen LogP) is -0.508. The number of aliphatic carboxylic acids is 1. The topological polar surface area (TPSA) is 104 Å². The summed E-state index contributed by atoms with van der Waals surface area (Å²) in [6.07, 6.45) is 0. The van der Waals surface area contributed by atoms with Crippen LogP contribution in [0, 0.1) is 5.92 Å². The molecule has 106 valence electrons. The van der Waals surface area contributed by atoms with E-state index in [1.165, 1.54) is 21.0 Å². The van der Waals surface area contributed by atoms with Crippen LogP contribution in [-0.2, 0) is 19.6 Å². The molecule has 0 aromatic heterocycles. The Morgan fingerprint density at radius 1 is 1.17 bits per heavy atom. The van der Waals surface area contributed by atoms with E-state index in [2.05, 4.69) is 4.72 Å². The molecule has 7 nitrogen and oxygen atoms in total. The molecule has 18 heavy (non-hydrogen) atoms. The fraction of sp³-hybridized carbons (Fsp3) is 0.800. The van der Waals surface area contributed by atoms with Gasteiger partial charge in [-0.15, -0.1) is 0 Å². The van der Waals surface area contributed by atoms with E-state index in [0.717, 1.165) is 4.90 Å². The maximum Gasteiger partial charge on any atom is 0.321 e. The normalized spacial score (nSPS) is 15.2. The third-order valence-corrected chi connectivity index (χ3v) is 4.19. The largest absolute Gasteiger partial charge is 0.480 e. The maximum absolute atomic E-state index is 11.9. The highest BCUT2D eigenvalue weighted by atomic mass is 32.2. The van der Waals surface area contributed by atoms with Crippen LogP contribution in [0.15, 0.2) is 0 Å². The second-order valence-corrected chi connectivity index (χ2v) is 6.63. The van der Waals surface area contributed by atoms with Crippen LogP contribution in [-0.4, -0.2) is 55.7 Å². The van der Waals surface area contributed by atoms with Crippen LogP contribution in [0.4, 0.5) is 0 Å². The number of hydrogen-bond acceptors (Lipinski definition) is 4. The number of carboxylic acid groups (broad SMARTS) is 1. The summed E-state index contributed by atoms with van der Waals surface area (Å²) in [5.74, 6) is -2.28. The summed E-state index contributed by atoms with van der Waals surface area (Å²) < 4.78 is 25.8. The summed E-state index contributed by atoms with van der Waals surface area (Å²) >= 11 is 0. The number of carbonyl (C=O) groups is 2. The van der Waals surface area contributed by atoms with E-state index >= 15 is 0 Å². The van der Waals surface area contributed by atoms with Gasteiger partial charge in [0.2, 0.25) is 15.9 Å². The number of hydrogen-bond donors (Lipinski definition) is 2. The highest BCUT2D eigenvalue weighted by Crippen LogP contribution is 2.08. The number of carboxylic acids is 1. The van der Waals surface area contributed by atoms with E-state index in [1.807, 2.05) is 0 Å². The average molecular weight is 280 g/mol. The Kier molecular flexibility index (Phi) is 5.75. The van der Waals surface area contributed by atoms with Crippen molar-refractivity contribution in [2.75, 3.05) is 14.1 Å². The van der Waals surface area contributed by atoms with Gasteiger partial charge in [-0.2, -0.15) is 4.72 Å². The summed E-state index contributed by atoms with van der Waals surface area (Å²) in [7, 11) is -1.14. The summed E-state index contributed by atoms with van der Waals surface area (Å²) in [4.78, 5) is 23.6. The SMILES string of the molecule is CC(C)C(NS(=O)(=O)C(C)C(=O)N(C)C)C(=O)O. The van der Waals surface area contributed by atoms with Crippen LogP contribution in [0.1, 0.15) is 20.8 Å². The van der Waals surface area contributed by atoms with Crippen LogP contribution in [0.2, 0.25) is 0 Å². The number of carbonyl (C=O) groups excluding carboxylic acids is 1. The minimum Gasteiger partial charge on any atom is -0.480 e. The fourth-order valence-electron chi connectivity index (χ4n) is 1.25. The second kappa shape index (κ2) is 6.14. The lowest BCUT2D eigenvalue weighted by Gasteiger charge is -2.22. The third-order valence-electron chi connectivity index (χ3n) is 2.48. The Balaban J connectivity index is 5.06. The Hall–Kier alpha value is -1.15. The zero-order chi connectivity index (χ0) is 14.7. The van der Waals surface area contributed by atoms with Crippen LogP contribution in [0.3, 0.4) is 0 Å². The number of amides is 1. The molecule has 2 atom stereocenters. The first-order chi connectivity index (χ1) is 8.00. The summed E-state index contributed by atoms with van der Waals surface area (Å²) in [6.45, 7) is 4.39. The zero-order valence-corrected chi connectivity index (χ0v) is 12.0. The highest BCUT2D eigenvalue weighted by molar-refractivity contribution is 7.90. The van der Waals surface area contributed by atoms with Crippen molar-refractivity contribution in [1.82, 2.24) is 9.62 Å². The van der Waals surface area contributed by atoms with Gasteiger partial charge in [0.25, 0.3) is 0 Å². The molecule has 0 bridgehead atoms. The molecule has 0 spiro atoms. The standard InChI is InChI=1S/C10H20N2O5S/c1-6(2)8(10(14)15)11-18(16,17)7(3)9(13)12(4)5/h6-8,11H,1-5H3,(H,14,15). The molecule has 1 amide bonds. The van der Waals surface area contributed by atoms with E-state index in [-0.39, 0.29) is 0 Å². The summed E-state index contributed by atoms with van der Waals surface area (Å²) in [6, 6.07) is -1.24. The molecule has 0 rings (SSSR count). The molecule has 0 radical (unpaired) electrons. The predicted molar refractivity (Wildman–Crippen MR) is 66.5 cm³/mol. The highest BCUT2D eigenvalue weighted by Gasteiger charge is 2.34. The molecule has 0 aliphatic rings. The molecule has 8 heteroatoms. The van der Waals surface area contributed by atoms with Crippen molar-refractivity contribution in [3.8, 4) is 0 Å². The van der Waals surface area contributed by atoms with Crippen LogP contribution < -0.4 is 4.72 Å². The van der Waals surface area contributed by atoms with E-state index < -0.39 is 39.1 Å². The minimum atomic E-state index is -4.02. The van der Waals surface area contributed by atoms with Gasteiger partial charge in [-0.1, -0.05) is 13.8 Å². The van der Waals surface area contributed by atoms with Crippen molar-refractivity contribution >= 4 is 21.9 Å². The Labute approximate surface area is 107 Å². The molecule has 0 saturated carbocycles. The van der Waals surface area contributed by atoms with Crippen molar-refractivity contribution < 1.29 is 23.1 Å². The molecule has 0 heterocycles. The van der Waals surface area contributed by atoms with Crippen molar-refractivity contribution in [2.24, 2.45) is 5.92 Å². The zero-order valence-electron chi connectivity index (χ0n) is 11.2. The van der Waals surface area contributed by atoms with Gasteiger partial charge < -0.3 is 10.0 Å². The molecule has 0 aliphatic heterocycles. The second-order valence-electron chi connectivity index (χ2n) is 4.60. The Morgan fingerprint density at radius 2 is 1.61 bits per heavy atom. The van der Waals surface area contributed by atoms with Crippen molar-refractivity contribution in [1.29, 1.82) is 0 Å². The Bertz CT molecular complexity index is 416. The third kappa shape index (κ3) is 4.26. The molecule has 2 N–H and O–H groups in total. The van der Waals surface area contributed by atoms with Gasteiger partial charge in [-0.3, -0.25) is 9.59 Å². The van der Waals surface area contributed by atoms with E-state index in [1.54, 1.807) is 13.8 Å². The van der Waals surface area contributed by atoms with Gasteiger partial charge in [0.15, 0.2) is 5.25 Å². The molecule has 0 fully saturated rings. The average Bonchev–Trinajstić information content (AvgIpc) is 2.22. The monoisotopic (exact) mass is 280 g/mol. The minimum absolute atomic E-state index is 0.418. The molecule has 0 aromatic carbocycles. The van der Waals surface area contributed by atoms with Crippen LogP contribution in [0.5, 0.6) is 0 Å². The number of sulfonamides is 1. The molecular formula is C10H20N2O5S. The van der Waals surface area contributed by atoms with Crippen molar-refractivity contribution in [3.05, 3.63) is 0 Å². The number of nitrogens with zero attached hydrogens (tertiary/aromatic N) is 1. The van der Waals surface area contributed by atoms with E-state index in [9.17, 15) is 18.0 Å². The number of nitrogens with one attached hydrogen (secondary N) is 1. The Morgan fingerprint density at radius 3 is 1.89 bits per heavy atom. The van der Waals surface area contributed by atoms with Crippen molar-refractivity contribution in [3.63, 3.8) is 0 Å². The fourth-order valence-corrected chi connectivity index (χ4v) is 2.65. The lowest BCUT2D eigenvalue weighted by Crippen LogP contribution is -2.50. The van der Waals surface area contributed by atoms with Gasteiger partial charge in [-0.05, 0) is 12.8 Å². The lowest BCUT2D eigenvalue weighted by atomic mass is 10.1. The first-order valence-corrected chi connectivity index (χ1v) is 7.00. The first kappa shape index (κ1) is 16.9. The van der Waals surface area contributed by atoms with Gasteiger partial charge in [0.1, 0.15) is 6.04 Å².